The standard InChI is InChI=1S/C70H42N2O2/c1-9-31-55-47(23-1)48-24-2-10-32-56(48)69(55)59-41-65(43-19-17-21-45(39-43)71-61-35-13-5-27-51(61)52-28-6-14-36-62(52)71)74-68(59)70(57-33-11-3-25-49(57)50-26-4-12-34-58(50)70)60-42-66(73-67(60)69)44-20-18-22-46(40-44)72-63-37-15-7-29-53(63)54-30-8-16-38-64(54)72/h1-42H. The molecule has 2 spiro atoms. The number of nitrogens with zero attached hydrogens (tertiary/aromatic N) is 2. The van der Waals surface area contributed by atoms with E-state index < -0.39 is 10.8 Å². The van der Waals surface area contributed by atoms with Gasteiger partial charge in [-0.05, 0) is 105 Å². The molecule has 0 bridgehead atoms. The van der Waals surface area contributed by atoms with Gasteiger partial charge in [0.2, 0.25) is 0 Å². The molecule has 0 unspecified atom stereocenters. The molecule has 74 heavy (non-hydrogen) atoms. The molecule has 10 aromatic carbocycles. The second-order valence-corrected chi connectivity index (χ2v) is 20.2. The van der Waals surface area contributed by atoms with E-state index in [1.807, 2.05) is 0 Å². The van der Waals surface area contributed by atoms with Crippen molar-refractivity contribution in [1.82, 2.24) is 9.13 Å². The van der Waals surface area contributed by atoms with Gasteiger partial charge >= 0.3 is 0 Å². The Bertz CT molecular complexity index is 4160. The van der Waals surface area contributed by atoms with Gasteiger partial charge in [0.1, 0.15) is 33.9 Å². The molecule has 4 aromatic heterocycles. The maximum Gasteiger partial charge on any atom is 0.134 e. The lowest BCUT2D eigenvalue weighted by molar-refractivity contribution is 0.407. The summed E-state index contributed by atoms with van der Waals surface area (Å²) in [5, 5.41) is 4.92. The number of rotatable bonds is 4. The summed E-state index contributed by atoms with van der Waals surface area (Å²) >= 11 is 0. The summed E-state index contributed by atoms with van der Waals surface area (Å²) < 4.78 is 20.5. The van der Waals surface area contributed by atoms with Crippen LogP contribution in [0.2, 0.25) is 0 Å². The first-order chi connectivity index (χ1) is 36.7. The smallest absolute Gasteiger partial charge is 0.134 e. The van der Waals surface area contributed by atoms with Crippen molar-refractivity contribution < 1.29 is 8.83 Å². The van der Waals surface area contributed by atoms with Gasteiger partial charge in [0.05, 0.1) is 22.1 Å². The molecule has 14 aromatic rings. The van der Waals surface area contributed by atoms with Crippen molar-refractivity contribution in [3.63, 3.8) is 0 Å². The highest BCUT2D eigenvalue weighted by Gasteiger charge is 2.63. The van der Waals surface area contributed by atoms with Crippen molar-refractivity contribution in [2.24, 2.45) is 0 Å². The topological polar surface area (TPSA) is 36.1 Å². The zero-order chi connectivity index (χ0) is 48.3. The molecule has 3 aliphatic rings. The fraction of sp³-hybridized carbons (Fsp3) is 0.0286. The van der Waals surface area contributed by atoms with Gasteiger partial charge in [-0.2, -0.15) is 0 Å². The van der Waals surface area contributed by atoms with Gasteiger partial charge in [0.25, 0.3) is 0 Å². The van der Waals surface area contributed by atoms with Crippen molar-refractivity contribution in [2.45, 2.75) is 10.8 Å². The predicted octanol–water partition coefficient (Wildman–Crippen LogP) is 17.4. The van der Waals surface area contributed by atoms with Gasteiger partial charge in [-0.3, -0.25) is 0 Å². The van der Waals surface area contributed by atoms with E-state index in [4.69, 9.17) is 8.83 Å². The third-order valence-corrected chi connectivity index (χ3v) is 16.8. The van der Waals surface area contributed by atoms with E-state index in [0.29, 0.717) is 0 Å². The Balaban J connectivity index is 0.966. The van der Waals surface area contributed by atoms with Crippen LogP contribution in [0.4, 0.5) is 0 Å². The average molecular weight is 943 g/mol. The van der Waals surface area contributed by atoms with E-state index in [2.05, 4.69) is 264 Å². The molecule has 0 atom stereocenters. The van der Waals surface area contributed by atoms with E-state index in [-0.39, 0.29) is 0 Å². The first kappa shape index (κ1) is 40.0. The normalized spacial score (nSPS) is 14.2. The SMILES string of the molecule is c1cc(-c2cc3c(o2)C2(c4ccccc4-c4ccccc42)c2cc(-c4cccc(-n5c6ccccc6c6ccccc65)c4)oc2C32c3ccccc3-c3ccccc32)cc(-n2c3ccccc3c3ccccc32)c1. The maximum atomic E-state index is 7.88. The summed E-state index contributed by atoms with van der Waals surface area (Å²) in [7, 11) is 0. The predicted molar refractivity (Wildman–Crippen MR) is 299 cm³/mol. The summed E-state index contributed by atoms with van der Waals surface area (Å²) in [4.78, 5) is 0. The molecule has 0 amide bonds. The molecule has 344 valence electrons. The van der Waals surface area contributed by atoms with Crippen LogP contribution in [0.3, 0.4) is 0 Å². The van der Waals surface area contributed by atoms with E-state index in [9.17, 15) is 0 Å². The van der Waals surface area contributed by atoms with Gasteiger partial charge in [0.15, 0.2) is 0 Å². The monoisotopic (exact) mass is 942 g/mol. The minimum absolute atomic E-state index is 0.810. The third-order valence-electron chi connectivity index (χ3n) is 16.8. The fourth-order valence-corrected chi connectivity index (χ4v) is 14.0. The molecule has 0 fully saturated rings. The summed E-state index contributed by atoms with van der Waals surface area (Å²) in [6.45, 7) is 0. The zero-order valence-corrected chi connectivity index (χ0v) is 40.0. The van der Waals surface area contributed by atoms with Gasteiger partial charge < -0.3 is 18.0 Å². The van der Waals surface area contributed by atoms with Gasteiger partial charge in [-0.25, -0.2) is 0 Å². The van der Waals surface area contributed by atoms with Crippen LogP contribution in [0.25, 0.3) is 99.9 Å². The molecule has 0 aliphatic heterocycles. The molecular formula is C70H42N2O2. The van der Waals surface area contributed by atoms with E-state index in [1.165, 1.54) is 88.1 Å². The molecule has 3 aliphatic carbocycles. The van der Waals surface area contributed by atoms with Crippen LogP contribution in [0.15, 0.2) is 264 Å². The summed E-state index contributed by atoms with van der Waals surface area (Å²) in [5.41, 5.74) is 18.8. The van der Waals surface area contributed by atoms with E-state index in [1.54, 1.807) is 0 Å². The Morgan fingerprint density at radius 1 is 0.257 bits per heavy atom. The van der Waals surface area contributed by atoms with Crippen molar-refractivity contribution in [2.75, 3.05) is 0 Å². The number of aromatic nitrogens is 2. The summed E-state index contributed by atoms with van der Waals surface area (Å²) in [5.74, 6) is 3.45. The zero-order valence-electron chi connectivity index (χ0n) is 40.0. The van der Waals surface area contributed by atoms with Crippen LogP contribution in [-0.2, 0) is 10.8 Å². The highest BCUT2D eigenvalue weighted by atomic mass is 16.4. The minimum atomic E-state index is -0.871. The van der Waals surface area contributed by atoms with Crippen molar-refractivity contribution >= 4 is 43.6 Å². The number of hydrogen-bond donors (Lipinski definition) is 0. The molecule has 4 heteroatoms. The number of benzene rings is 10. The minimum Gasteiger partial charge on any atom is -0.459 e. The average Bonchev–Trinajstić information content (AvgIpc) is 4.34. The first-order valence-corrected chi connectivity index (χ1v) is 25.6. The van der Waals surface area contributed by atoms with Gasteiger partial charge in [-0.15, -0.1) is 0 Å². The Morgan fingerprint density at radius 3 is 0.892 bits per heavy atom. The Labute approximate surface area is 426 Å². The first-order valence-electron chi connectivity index (χ1n) is 25.6. The van der Waals surface area contributed by atoms with Crippen LogP contribution >= 0.6 is 0 Å². The Morgan fingerprint density at radius 2 is 0.554 bits per heavy atom. The van der Waals surface area contributed by atoms with E-state index in [0.717, 1.165) is 56.7 Å². The molecule has 0 saturated heterocycles. The molecule has 0 N–H and O–H groups in total. The quantitative estimate of drug-likeness (QED) is 0.176. The molecule has 17 rings (SSSR count). The second kappa shape index (κ2) is 14.5. The maximum absolute atomic E-state index is 7.88. The van der Waals surface area contributed by atoms with Crippen molar-refractivity contribution in [1.29, 1.82) is 0 Å². The largest absolute Gasteiger partial charge is 0.459 e. The highest BCUT2D eigenvalue weighted by molar-refractivity contribution is 6.10. The van der Waals surface area contributed by atoms with Crippen LogP contribution in [0.1, 0.15) is 44.9 Å². The summed E-state index contributed by atoms with van der Waals surface area (Å²) in [6, 6.07) is 93.1. The molecule has 4 heterocycles. The van der Waals surface area contributed by atoms with Crippen LogP contribution < -0.4 is 0 Å². The lowest BCUT2D eigenvalue weighted by Gasteiger charge is -2.42. The van der Waals surface area contributed by atoms with Crippen molar-refractivity contribution in [3.05, 3.63) is 300 Å². The fourth-order valence-electron chi connectivity index (χ4n) is 14.0. The van der Waals surface area contributed by atoms with Crippen LogP contribution in [0.5, 0.6) is 0 Å². The van der Waals surface area contributed by atoms with Crippen LogP contribution in [-0.4, -0.2) is 9.13 Å². The van der Waals surface area contributed by atoms with Crippen molar-refractivity contribution in [3.8, 4) is 56.3 Å². The van der Waals surface area contributed by atoms with Crippen LogP contribution in [0, 0.1) is 0 Å². The molecule has 0 saturated carbocycles. The molecule has 0 radical (unpaired) electrons. The lowest BCUT2D eigenvalue weighted by Crippen LogP contribution is -2.42. The van der Waals surface area contributed by atoms with E-state index >= 15 is 0 Å². The van der Waals surface area contributed by atoms with Gasteiger partial charge in [0, 0.05) is 55.2 Å². The number of furan rings is 2. The molecule has 4 nitrogen and oxygen atoms in total. The summed E-state index contributed by atoms with van der Waals surface area (Å²) in [6.07, 6.45) is 0. The Hall–Kier alpha value is -9.64. The number of para-hydroxylation sites is 4. The second-order valence-electron chi connectivity index (χ2n) is 20.2. The highest BCUT2D eigenvalue weighted by Crippen LogP contribution is 2.69. The van der Waals surface area contributed by atoms with Gasteiger partial charge in [-0.1, -0.05) is 194 Å². The number of hydrogen-bond acceptors (Lipinski definition) is 2. The third kappa shape index (κ3) is 4.92. The lowest BCUT2D eigenvalue weighted by atomic mass is 9.57. The number of fused-ring (bicyclic) bond motifs is 22. The molecular weight excluding hydrogens is 901 g/mol. The Kier molecular flexibility index (Phi) is 7.84.